The molecule has 34 heavy (non-hydrogen) atoms. The van der Waals surface area contributed by atoms with Gasteiger partial charge >= 0.3 is 5.97 Å². The van der Waals surface area contributed by atoms with Crippen LogP contribution in [0.5, 0.6) is 0 Å². The molecule has 1 aliphatic heterocycles. The summed E-state index contributed by atoms with van der Waals surface area (Å²) < 4.78 is 12.2. The smallest absolute Gasteiger partial charge is 0.303 e. The zero-order valence-corrected chi connectivity index (χ0v) is 21.6. The fourth-order valence-electron chi connectivity index (χ4n) is 9.58. The second kappa shape index (κ2) is 9.50. The lowest BCUT2D eigenvalue weighted by atomic mass is 9.44. The quantitative estimate of drug-likeness (QED) is 0.462. The lowest BCUT2D eigenvalue weighted by molar-refractivity contribution is -0.211. The Labute approximate surface area is 205 Å². The highest BCUT2D eigenvalue weighted by Gasteiger charge is 2.63. The van der Waals surface area contributed by atoms with Gasteiger partial charge in [0, 0.05) is 25.4 Å². The van der Waals surface area contributed by atoms with Crippen LogP contribution in [0.2, 0.25) is 0 Å². The lowest BCUT2D eigenvalue weighted by Gasteiger charge is -2.60. The first-order valence-corrected chi connectivity index (χ1v) is 14.2. The Kier molecular flexibility index (Phi) is 6.91. The number of Topliss-reactive ketones (excluding diaryl/α,β-unsaturated/α-hetero) is 1. The number of carboxylic acids is 1. The molecule has 5 rings (SSSR count). The Bertz CT molecular complexity index is 774. The lowest BCUT2D eigenvalue weighted by Crippen LogP contribution is -2.57. The molecule has 1 unspecified atom stereocenters. The van der Waals surface area contributed by atoms with E-state index in [0.29, 0.717) is 35.4 Å². The van der Waals surface area contributed by atoms with Crippen LogP contribution in [0.3, 0.4) is 0 Å². The van der Waals surface area contributed by atoms with Crippen molar-refractivity contribution in [2.75, 3.05) is 6.61 Å². The van der Waals surface area contributed by atoms with E-state index in [0.717, 1.165) is 64.4 Å². The SMILES string of the molecule is C[C@H](CCC(=O)O)[C@H]1CC[C@H]2[C@@H]3C(=O)C[C@@H]4C[C@H](OC5CCCCO5)CC[C@]4(C)[C@H]3CC[C@]12C. The maximum Gasteiger partial charge on any atom is 0.303 e. The van der Waals surface area contributed by atoms with E-state index in [4.69, 9.17) is 9.47 Å². The molecule has 1 saturated heterocycles. The molecule has 0 bridgehead atoms. The summed E-state index contributed by atoms with van der Waals surface area (Å²) in [5.41, 5.74) is 0.441. The normalized spacial score (nSPS) is 47.4. The molecule has 192 valence electrons. The van der Waals surface area contributed by atoms with Crippen molar-refractivity contribution in [3.63, 3.8) is 0 Å². The Balaban J connectivity index is 1.28. The van der Waals surface area contributed by atoms with Crippen LogP contribution < -0.4 is 0 Å². The minimum absolute atomic E-state index is 0.0379. The summed E-state index contributed by atoms with van der Waals surface area (Å²) in [5.74, 6) is 2.46. The molecule has 0 spiro atoms. The summed E-state index contributed by atoms with van der Waals surface area (Å²) in [6.45, 7) is 8.01. The predicted octanol–water partition coefficient (Wildman–Crippen LogP) is 6.24. The highest BCUT2D eigenvalue weighted by atomic mass is 16.7. The van der Waals surface area contributed by atoms with Crippen LogP contribution in [0.1, 0.15) is 104 Å². The number of hydrogen-bond donors (Lipinski definition) is 1. The van der Waals surface area contributed by atoms with Crippen molar-refractivity contribution in [3.8, 4) is 0 Å². The topological polar surface area (TPSA) is 72.8 Å². The van der Waals surface area contributed by atoms with E-state index in [1.165, 1.54) is 19.3 Å². The third kappa shape index (κ3) is 4.27. The van der Waals surface area contributed by atoms with Gasteiger partial charge in [0.25, 0.3) is 0 Å². The van der Waals surface area contributed by atoms with E-state index < -0.39 is 5.97 Å². The largest absolute Gasteiger partial charge is 0.481 e. The number of carbonyl (C=O) groups is 2. The minimum Gasteiger partial charge on any atom is -0.481 e. The van der Waals surface area contributed by atoms with Crippen LogP contribution in [0.4, 0.5) is 0 Å². The van der Waals surface area contributed by atoms with Crippen molar-refractivity contribution in [3.05, 3.63) is 0 Å². The van der Waals surface area contributed by atoms with Crippen molar-refractivity contribution in [1.29, 1.82) is 0 Å². The third-order valence-corrected chi connectivity index (χ3v) is 11.5. The molecule has 0 aromatic carbocycles. The van der Waals surface area contributed by atoms with Crippen molar-refractivity contribution in [2.45, 2.75) is 117 Å². The number of hydrogen-bond acceptors (Lipinski definition) is 4. The molecule has 5 fully saturated rings. The van der Waals surface area contributed by atoms with Crippen LogP contribution in [0, 0.1) is 46.3 Å². The molecule has 4 aliphatic carbocycles. The maximum atomic E-state index is 13.8. The van der Waals surface area contributed by atoms with E-state index in [1.54, 1.807) is 0 Å². The van der Waals surface area contributed by atoms with Crippen LogP contribution in [-0.4, -0.2) is 35.9 Å². The molecule has 0 radical (unpaired) electrons. The van der Waals surface area contributed by atoms with Crippen LogP contribution in [-0.2, 0) is 19.1 Å². The van der Waals surface area contributed by atoms with Gasteiger partial charge in [-0.05, 0) is 111 Å². The summed E-state index contributed by atoms with van der Waals surface area (Å²) in [7, 11) is 0. The third-order valence-electron chi connectivity index (χ3n) is 11.5. The standard InChI is InChI=1S/C29H46O5/c1-18(7-10-25(31)32)21-8-9-22-27-23(12-14-29(21,22)3)28(2)13-11-20(16-19(28)17-24(27)30)34-26-6-4-5-15-33-26/h18-23,26-27H,4-17H2,1-3H3,(H,31,32)/t18-,19+,20-,21-,22+,23+,26?,27+,28+,29-/m1/s1. The summed E-state index contributed by atoms with van der Waals surface area (Å²) in [6, 6.07) is 0. The second-order valence-electron chi connectivity index (χ2n) is 13.1. The Morgan fingerprint density at radius 1 is 1.09 bits per heavy atom. The predicted molar refractivity (Wildman–Crippen MR) is 130 cm³/mol. The molecular weight excluding hydrogens is 428 g/mol. The Hall–Kier alpha value is -0.940. The molecule has 5 nitrogen and oxygen atoms in total. The van der Waals surface area contributed by atoms with E-state index >= 15 is 0 Å². The molecular formula is C29H46O5. The molecule has 1 heterocycles. The number of carbonyl (C=O) groups excluding carboxylic acids is 1. The zero-order chi connectivity index (χ0) is 24.1. The summed E-state index contributed by atoms with van der Waals surface area (Å²) >= 11 is 0. The first-order valence-electron chi connectivity index (χ1n) is 14.2. The van der Waals surface area contributed by atoms with E-state index in [9.17, 15) is 14.7 Å². The number of ether oxygens (including phenoxy) is 2. The van der Waals surface area contributed by atoms with Gasteiger partial charge in [-0.15, -0.1) is 0 Å². The molecule has 0 aromatic rings. The Morgan fingerprint density at radius 3 is 2.59 bits per heavy atom. The van der Waals surface area contributed by atoms with E-state index in [-0.39, 0.29) is 35.6 Å². The van der Waals surface area contributed by atoms with Crippen molar-refractivity contribution < 1.29 is 24.2 Å². The summed E-state index contributed by atoms with van der Waals surface area (Å²) in [6.07, 6.45) is 13.3. The van der Waals surface area contributed by atoms with Gasteiger partial charge in [-0.2, -0.15) is 0 Å². The fraction of sp³-hybridized carbons (Fsp3) is 0.931. The monoisotopic (exact) mass is 474 g/mol. The number of rotatable bonds is 6. The average molecular weight is 475 g/mol. The van der Waals surface area contributed by atoms with Crippen molar-refractivity contribution >= 4 is 11.8 Å². The first kappa shape index (κ1) is 24.7. The number of fused-ring (bicyclic) bond motifs is 5. The highest BCUT2D eigenvalue weighted by Crippen LogP contribution is 2.67. The number of ketones is 1. The van der Waals surface area contributed by atoms with Crippen LogP contribution >= 0.6 is 0 Å². The van der Waals surface area contributed by atoms with Gasteiger partial charge in [-0.1, -0.05) is 20.8 Å². The maximum absolute atomic E-state index is 13.8. The molecule has 5 aliphatic rings. The van der Waals surface area contributed by atoms with Crippen LogP contribution in [0.15, 0.2) is 0 Å². The van der Waals surface area contributed by atoms with E-state index in [2.05, 4.69) is 20.8 Å². The molecule has 10 atom stereocenters. The van der Waals surface area contributed by atoms with Gasteiger partial charge in [-0.25, -0.2) is 0 Å². The molecule has 0 amide bonds. The van der Waals surface area contributed by atoms with Crippen molar-refractivity contribution in [2.24, 2.45) is 46.3 Å². The number of carboxylic acid groups (broad SMARTS) is 1. The fourth-order valence-corrected chi connectivity index (χ4v) is 9.58. The van der Waals surface area contributed by atoms with Gasteiger partial charge in [0.05, 0.1) is 6.10 Å². The minimum atomic E-state index is -0.689. The first-order chi connectivity index (χ1) is 16.2. The summed E-state index contributed by atoms with van der Waals surface area (Å²) in [4.78, 5) is 24.9. The van der Waals surface area contributed by atoms with Crippen molar-refractivity contribution in [1.82, 2.24) is 0 Å². The Morgan fingerprint density at radius 2 is 1.85 bits per heavy atom. The van der Waals surface area contributed by atoms with Gasteiger partial charge < -0.3 is 14.6 Å². The number of aliphatic carboxylic acids is 1. The van der Waals surface area contributed by atoms with Gasteiger partial charge in [0.15, 0.2) is 6.29 Å². The van der Waals surface area contributed by atoms with Crippen LogP contribution in [0.25, 0.3) is 0 Å². The summed E-state index contributed by atoms with van der Waals surface area (Å²) in [5, 5.41) is 9.18. The average Bonchev–Trinajstić information content (AvgIpc) is 3.16. The van der Waals surface area contributed by atoms with Gasteiger partial charge in [0.1, 0.15) is 5.78 Å². The molecule has 5 heteroatoms. The van der Waals surface area contributed by atoms with Gasteiger partial charge in [0.2, 0.25) is 0 Å². The molecule has 4 saturated carbocycles. The molecule has 0 aromatic heterocycles. The van der Waals surface area contributed by atoms with E-state index in [1.807, 2.05) is 0 Å². The zero-order valence-electron chi connectivity index (χ0n) is 21.6. The van der Waals surface area contributed by atoms with Gasteiger partial charge in [-0.3, -0.25) is 9.59 Å². The second-order valence-corrected chi connectivity index (χ2v) is 13.1. The molecule has 1 N–H and O–H groups in total. The highest BCUT2D eigenvalue weighted by molar-refractivity contribution is 5.83.